The van der Waals surface area contributed by atoms with Gasteiger partial charge < -0.3 is 5.32 Å². The molecule has 1 aromatic heterocycles. The fourth-order valence-electron chi connectivity index (χ4n) is 2.00. The molecule has 10 heteroatoms. The van der Waals surface area contributed by atoms with E-state index in [4.69, 9.17) is 0 Å². The molecule has 1 aliphatic heterocycles. The van der Waals surface area contributed by atoms with Crippen molar-refractivity contribution in [3.05, 3.63) is 18.3 Å². The average molecular weight is 356 g/mol. The summed E-state index contributed by atoms with van der Waals surface area (Å²) in [6.45, 7) is 3.28. The van der Waals surface area contributed by atoms with Crippen LogP contribution in [-0.2, 0) is 19.9 Å². The minimum Gasteiger partial charge on any atom is -0.312 e. The van der Waals surface area contributed by atoms with Crippen LogP contribution in [0.25, 0.3) is 0 Å². The molecule has 1 aromatic rings. The number of rotatable bonds is 3. The Morgan fingerprint density at radius 1 is 1.29 bits per heavy atom. The number of hydrogen-bond acceptors (Lipinski definition) is 6. The zero-order chi connectivity index (χ0) is 15.0. The number of hydrogen-bond donors (Lipinski definition) is 1. The highest BCUT2D eigenvalue weighted by atomic mass is 35.5. The van der Waals surface area contributed by atoms with Gasteiger partial charge in [0.2, 0.25) is 10.0 Å². The predicted molar refractivity (Wildman–Crippen MR) is 80.8 cm³/mol. The molecule has 0 amide bonds. The lowest BCUT2D eigenvalue weighted by Crippen LogP contribution is -2.51. The smallest absolute Gasteiger partial charge is 0.244 e. The largest absolute Gasteiger partial charge is 0.312 e. The van der Waals surface area contributed by atoms with E-state index < -0.39 is 19.9 Å². The second kappa shape index (κ2) is 6.57. The van der Waals surface area contributed by atoms with Gasteiger partial charge in [-0.3, -0.25) is 0 Å². The Hall–Kier alpha value is -0.740. The normalized spacial score (nSPS) is 20.8. The number of nitrogens with zero attached hydrogens (tertiary/aromatic N) is 2. The van der Waals surface area contributed by atoms with E-state index in [1.54, 1.807) is 0 Å². The number of halogens is 1. The minimum absolute atomic E-state index is 0. The van der Waals surface area contributed by atoms with Gasteiger partial charge in [0, 0.05) is 38.1 Å². The lowest BCUT2D eigenvalue weighted by molar-refractivity contribution is 0.310. The highest BCUT2D eigenvalue weighted by Gasteiger charge is 2.28. The van der Waals surface area contributed by atoms with Crippen molar-refractivity contribution in [3.8, 4) is 0 Å². The fourth-order valence-corrected chi connectivity index (χ4v) is 4.04. The third kappa shape index (κ3) is 4.13. The first-order chi connectivity index (χ1) is 9.21. The SMILES string of the molecule is C[C@H]1CN(S(=O)(=O)c2ccc(S(C)(=O)=O)nc2)CCN1.Cl. The molecule has 0 radical (unpaired) electrons. The van der Waals surface area contributed by atoms with E-state index in [1.165, 1.54) is 16.4 Å². The van der Waals surface area contributed by atoms with Crippen LogP contribution in [0.4, 0.5) is 0 Å². The number of piperazine rings is 1. The second-order valence-electron chi connectivity index (χ2n) is 4.82. The Morgan fingerprint density at radius 2 is 1.95 bits per heavy atom. The Balaban J connectivity index is 0.00000220. The molecule has 0 unspecified atom stereocenters. The van der Waals surface area contributed by atoms with Crippen molar-refractivity contribution < 1.29 is 16.8 Å². The first-order valence-electron chi connectivity index (χ1n) is 6.11. The van der Waals surface area contributed by atoms with Gasteiger partial charge in [-0.1, -0.05) is 0 Å². The van der Waals surface area contributed by atoms with Crippen LogP contribution < -0.4 is 5.32 Å². The molecule has 2 rings (SSSR count). The summed E-state index contributed by atoms with van der Waals surface area (Å²) in [4.78, 5) is 3.73. The Kier molecular flexibility index (Phi) is 5.73. The van der Waals surface area contributed by atoms with Crippen molar-refractivity contribution in [2.75, 3.05) is 25.9 Å². The summed E-state index contributed by atoms with van der Waals surface area (Å²) < 4.78 is 48.8. The lowest BCUT2D eigenvalue weighted by Gasteiger charge is -2.30. The zero-order valence-electron chi connectivity index (χ0n) is 11.7. The van der Waals surface area contributed by atoms with Crippen molar-refractivity contribution in [3.63, 3.8) is 0 Å². The van der Waals surface area contributed by atoms with E-state index in [9.17, 15) is 16.8 Å². The summed E-state index contributed by atoms with van der Waals surface area (Å²) in [5.41, 5.74) is 0. The van der Waals surface area contributed by atoms with E-state index in [1.807, 2.05) is 6.92 Å². The molecule has 0 aromatic carbocycles. The Labute approximate surface area is 131 Å². The van der Waals surface area contributed by atoms with Crippen LogP contribution in [0, 0.1) is 0 Å². The quantitative estimate of drug-likeness (QED) is 0.812. The van der Waals surface area contributed by atoms with Gasteiger partial charge in [0.05, 0.1) is 0 Å². The maximum atomic E-state index is 12.4. The van der Waals surface area contributed by atoms with E-state index in [-0.39, 0.29) is 28.4 Å². The molecule has 120 valence electrons. The van der Waals surface area contributed by atoms with E-state index in [0.717, 1.165) is 12.5 Å². The van der Waals surface area contributed by atoms with Crippen LogP contribution in [0.2, 0.25) is 0 Å². The van der Waals surface area contributed by atoms with Gasteiger partial charge in [0.15, 0.2) is 14.9 Å². The Bertz CT molecular complexity index is 689. The first-order valence-corrected chi connectivity index (χ1v) is 9.44. The second-order valence-corrected chi connectivity index (χ2v) is 8.72. The number of sulfonamides is 1. The van der Waals surface area contributed by atoms with Crippen molar-refractivity contribution in [1.82, 2.24) is 14.6 Å². The molecular weight excluding hydrogens is 338 g/mol. The van der Waals surface area contributed by atoms with Crippen molar-refractivity contribution in [1.29, 1.82) is 0 Å². The zero-order valence-corrected chi connectivity index (χ0v) is 14.1. The summed E-state index contributed by atoms with van der Waals surface area (Å²) >= 11 is 0. The molecule has 1 saturated heterocycles. The molecule has 0 bridgehead atoms. The molecule has 21 heavy (non-hydrogen) atoms. The predicted octanol–water partition coefficient (Wildman–Crippen LogP) is -0.111. The Morgan fingerprint density at radius 3 is 2.43 bits per heavy atom. The van der Waals surface area contributed by atoms with Crippen molar-refractivity contribution in [2.45, 2.75) is 22.9 Å². The summed E-state index contributed by atoms with van der Waals surface area (Å²) in [7, 11) is -7.05. The fraction of sp³-hybridized carbons (Fsp3) is 0.545. The molecule has 7 nitrogen and oxygen atoms in total. The summed E-state index contributed by atoms with van der Waals surface area (Å²) in [5, 5.41) is 3.03. The van der Waals surface area contributed by atoms with Gasteiger partial charge in [-0.05, 0) is 19.1 Å². The molecule has 2 heterocycles. The highest BCUT2D eigenvalue weighted by Crippen LogP contribution is 2.17. The van der Waals surface area contributed by atoms with Crippen LogP contribution in [0.3, 0.4) is 0 Å². The molecule has 1 N–H and O–H groups in total. The molecule has 1 atom stereocenters. The summed E-state index contributed by atoms with van der Waals surface area (Å²) in [6.07, 6.45) is 2.12. The number of aromatic nitrogens is 1. The molecule has 0 saturated carbocycles. The van der Waals surface area contributed by atoms with Crippen LogP contribution >= 0.6 is 12.4 Å². The number of pyridine rings is 1. The van der Waals surface area contributed by atoms with Gasteiger partial charge in [0.25, 0.3) is 0 Å². The van der Waals surface area contributed by atoms with Crippen LogP contribution in [-0.4, -0.2) is 58.1 Å². The maximum absolute atomic E-state index is 12.4. The number of sulfone groups is 1. The van der Waals surface area contributed by atoms with Crippen molar-refractivity contribution in [2.24, 2.45) is 0 Å². The maximum Gasteiger partial charge on any atom is 0.244 e. The topological polar surface area (TPSA) is 96.4 Å². The van der Waals surface area contributed by atoms with Gasteiger partial charge >= 0.3 is 0 Å². The molecule has 1 aliphatic rings. The van der Waals surface area contributed by atoms with E-state index in [2.05, 4.69) is 10.3 Å². The number of nitrogens with one attached hydrogen (secondary N) is 1. The van der Waals surface area contributed by atoms with E-state index in [0.29, 0.717) is 19.6 Å². The van der Waals surface area contributed by atoms with Crippen LogP contribution in [0.15, 0.2) is 28.3 Å². The first kappa shape index (κ1) is 18.3. The third-order valence-corrected chi connectivity index (χ3v) is 5.91. The van der Waals surface area contributed by atoms with Crippen molar-refractivity contribution >= 4 is 32.3 Å². The van der Waals surface area contributed by atoms with Gasteiger partial charge in [0.1, 0.15) is 4.90 Å². The highest BCUT2D eigenvalue weighted by molar-refractivity contribution is 7.90. The monoisotopic (exact) mass is 355 g/mol. The average Bonchev–Trinajstić information content (AvgIpc) is 2.38. The van der Waals surface area contributed by atoms with Gasteiger partial charge in [-0.2, -0.15) is 4.31 Å². The molecule has 0 spiro atoms. The summed E-state index contributed by atoms with van der Waals surface area (Å²) in [6, 6.07) is 2.58. The van der Waals surface area contributed by atoms with Crippen LogP contribution in [0.1, 0.15) is 6.92 Å². The minimum atomic E-state index is -3.62. The standard InChI is InChI=1S/C11H17N3O4S2.ClH/c1-9-8-14(6-5-12-9)20(17,18)10-3-4-11(13-7-10)19(2,15)16;/h3-4,7,9,12H,5-6,8H2,1-2H3;1H/t9-;/m0./s1. The summed E-state index contributed by atoms with van der Waals surface area (Å²) in [5.74, 6) is 0. The molecular formula is C11H18ClN3O4S2. The molecule has 0 aliphatic carbocycles. The lowest BCUT2D eigenvalue weighted by atomic mass is 10.3. The third-order valence-electron chi connectivity index (χ3n) is 3.06. The van der Waals surface area contributed by atoms with Gasteiger partial charge in [-0.25, -0.2) is 21.8 Å². The van der Waals surface area contributed by atoms with Crippen LogP contribution in [0.5, 0.6) is 0 Å². The van der Waals surface area contributed by atoms with E-state index >= 15 is 0 Å². The molecule has 1 fully saturated rings. The van der Waals surface area contributed by atoms with Gasteiger partial charge in [-0.15, -0.1) is 12.4 Å².